The molecule has 0 bridgehead atoms. The Hall–Kier alpha value is -3.02. The van der Waals surface area contributed by atoms with Crippen LogP contribution in [0.2, 0.25) is 0 Å². The van der Waals surface area contributed by atoms with E-state index in [-0.39, 0.29) is 11.7 Å². The van der Waals surface area contributed by atoms with Crippen molar-refractivity contribution in [2.45, 2.75) is 46.6 Å². The van der Waals surface area contributed by atoms with Gasteiger partial charge in [-0.15, -0.1) is 0 Å². The summed E-state index contributed by atoms with van der Waals surface area (Å²) in [5.74, 6) is 0.405. The van der Waals surface area contributed by atoms with Crippen molar-refractivity contribution in [3.63, 3.8) is 0 Å². The zero-order valence-electron chi connectivity index (χ0n) is 18.9. The lowest BCUT2D eigenvalue weighted by Crippen LogP contribution is -2.44. The molecule has 0 saturated carbocycles. The van der Waals surface area contributed by atoms with E-state index in [1.807, 2.05) is 38.1 Å². The molecule has 0 aromatic heterocycles. The fourth-order valence-electron chi connectivity index (χ4n) is 4.34. The van der Waals surface area contributed by atoms with Crippen LogP contribution in [0.25, 0.3) is 11.1 Å². The molecule has 1 N–H and O–H groups in total. The minimum atomic E-state index is -1.14. The summed E-state index contributed by atoms with van der Waals surface area (Å²) in [5.41, 5.74) is 2.19. The van der Waals surface area contributed by atoms with Gasteiger partial charge in [-0.05, 0) is 49.4 Å². The number of hydrogen-bond donors (Lipinski definition) is 1. The van der Waals surface area contributed by atoms with E-state index in [2.05, 4.69) is 0 Å². The number of carboxylic acid groups (broad SMARTS) is 1. The molecular weight excluding hydrogens is 396 g/mol. The van der Waals surface area contributed by atoms with E-state index in [1.54, 1.807) is 27.0 Å². The molecule has 1 aliphatic carbocycles. The molecule has 1 unspecified atom stereocenters. The maximum absolute atomic E-state index is 12.3. The van der Waals surface area contributed by atoms with Crippen molar-refractivity contribution in [1.82, 2.24) is 0 Å². The van der Waals surface area contributed by atoms with Crippen molar-refractivity contribution in [3.05, 3.63) is 41.5 Å². The number of fused-ring (bicyclic) bond motifs is 1. The van der Waals surface area contributed by atoms with Gasteiger partial charge in [0.15, 0.2) is 17.3 Å². The third kappa shape index (κ3) is 3.99. The van der Waals surface area contributed by atoms with Crippen LogP contribution in [0.1, 0.15) is 50.0 Å². The second-order valence-corrected chi connectivity index (χ2v) is 8.74. The molecule has 0 fully saturated rings. The Morgan fingerprint density at radius 2 is 1.65 bits per heavy atom. The van der Waals surface area contributed by atoms with Gasteiger partial charge in [0, 0.05) is 17.5 Å². The number of ether oxygens (including phenoxy) is 3. The zero-order chi connectivity index (χ0) is 22.9. The van der Waals surface area contributed by atoms with Gasteiger partial charge in [-0.3, -0.25) is 9.59 Å². The Bertz CT molecular complexity index is 1010. The number of aliphatic carboxylic acids is 1. The summed E-state index contributed by atoms with van der Waals surface area (Å²) in [7, 11) is 3.07. The molecule has 3 rings (SSSR count). The molecule has 2 aromatic rings. The van der Waals surface area contributed by atoms with Crippen LogP contribution < -0.4 is 14.2 Å². The first kappa shape index (κ1) is 22.7. The minimum Gasteiger partial charge on any atom is -0.493 e. The molecule has 0 saturated heterocycles. The molecule has 0 spiro atoms. The first-order valence-electron chi connectivity index (χ1n) is 10.4. The van der Waals surface area contributed by atoms with Crippen LogP contribution in [-0.2, 0) is 11.2 Å². The van der Waals surface area contributed by atoms with Gasteiger partial charge in [-0.2, -0.15) is 0 Å². The number of carboxylic acids is 1. The largest absolute Gasteiger partial charge is 0.493 e. The highest BCUT2D eigenvalue weighted by atomic mass is 16.5. The average Bonchev–Trinajstić information content (AvgIpc) is 3.11. The van der Waals surface area contributed by atoms with Gasteiger partial charge >= 0.3 is 5.97 Å². The number of methoxy groups -OCH3 is 2. The summed E-state index contributed by atoms with van der Waals surface area (Å²) in [4.78, 5) is 24.3. The lowest BCUT2D eigenvalue weighted by molar-refractivity contribution is -0.154. The van der Waals surface area contributed by atoms with Crippen LogP contribution in [0, 0.1) is 11.3 Å². The number of ketones is 1. The smallest absolute Gasteiger partial charge is 0.312 e. The minimum absolute atomic E-state index is 0.0853. The molecule has 166 valence electrons. The predicted octanol–water partition coefficient (Wildman–Crippen LogP) is 5.01. The Morgan fingerprint density at radius 1 is 0.968 bits per heavy atom. The van der Waals surface area contributed by atoms with Gasteiger partial charge in [0.1, 0.15) is 6.10 Å². The van der Waals surface area contributed by atoms with Crippen molar-refractivity contribution in [1.29, 1.82) is 0 Å². The molecule has 6 nitrogen and oxygen atoms in total. The van der Waals surface area contributed by atoms with E-state index >= 15 is 0 Å². The molecule has 0 radical (unpaired) electrons. The fraction of sp³-hybridized carbons (Fsp3) is 0.440. The van der Waals surface area contributed by atoms with Crippen LogP contribution in [0.15, 0.2) is 30.3 Å². The molecular formula is C25H30O6. The van der Waals surface area contributed by atoms with Crippen molar-refractivity contribution < 1.29 is 28.9 Å². The molecule has 0 aliphatic heterocycles. The quantitative estimate of drug-likeness (QED) is 0.639. The zero-order valence-corrected chi connectivity index (χ0v) is 18.9. The molecule has 6 heteroatoms. The van der Waals surface area contributed by atoms with E-state index in [0.717, 1.165) is 22.3 Å². The second kappa shape index (κ2) is 8.61. The normalized spacial score (nSPS) is 14.4. The van der Waals surface area contributed by atoms with E-state index in [4.69, 9.17) is 14.2 Å². The first-order valence-corrected chi connectivity index (χ1v) is 10.4. The SMILES string of the molecule is COc1ccc(-c2cccc3c2CCC3=O)c(OC(C(C)C)C(C)(C)C(=O)O)c1OC. The number of Topliss-reactive ketones (excluding diaryl/α,β-unsaturated/α-hetero) is 1. The van der Waals surface area contributed by atoms with Gasteiger partial charge in [0.2, 0.25) is 5.75 Å². The highest BCUT2D eigenvalue weighted by Crippen LogP contribution is 2.48. The highest BCUT2D eigenvalue weighted by molar-refractivity contribution is 6.02. The average molecular weight is 427 g/mol. The molecule has 0 heterocycles. The lowest BCUT2D eigenvalue weighted by atomic mass is 9.80. The van der Waals surface area contributed by atoms with Crippen LogP contribution in [0.5, 0.6) is 17.2 Å². The number of rotatable bonds is 8. The highest BCUT2D eigenvalue weighted by Gasteiger charge is 2.42. The van der Waals surface area contributed by atoms with Crippen molar-refractivity contribution >= 4 is 11.8 Å². The molecule has 1 atom stereocenters. The summed E-state index contributed by atoms with van der Waals surface area (Å²) in [6.07, 6.45) is 0.506. The molecule has 2 aromatic carbocycles. The first-order chi connectivity index (χ1) is 14.6. The number of hydrogen-bond acceptors (Lipinski definition) is 5. The van der Waals surface area contributed by atoms with E-state index < -0.39 is 17.5 Å². The number of benzene rings is 2. The summed E-state index contributed by atoms with van der Waals surface area (Å²) < 4.78 is 17.6. The van der Waals surface area contributed by atoms with Crippen LogP contribution >= 0.6 is 0 Å². The maximum atomic E-state index is 12.3. The lowest BCUT2D eigenvalue weighted by Gasteiger charge is -2.35. The summed E-state index contributed by atoms with van der Waals surface area (Å²) >= 11 is 0. The predicted molar refractivity (Wildman–Crippen MR) is 118 cm³/mol. The molecule has 1 aliphatic rings. The van der Waals surface area contributed by atoms with Gasteiger partial charge in [-0.1, -0.05) is 32.0 Å². The Labute approximate surface area is 183 Å². The third-order valence-corrected chi connectivity index (χ3v) is 5.98. The van der Waals surface area contributed by atoms with Gasteiger partial charge in [-0.25, -0.2) is 0 Å². The summed E-state index contributed by atoms with van der Waals surface area (Å²) in [5, 5.41) is 9.83. The van der Waals surface area contributed by atoms with Crippen LogP contribution in [0.3, 0.4) is 0 Å². The Balaban J connectivity index is 2.24. The standard InChI is InChI=1S/C25H30O6/c1-14(2)23(25(3,4)24(27)28)31-21-18(11-13-20(29-5)22(21)30-6)15-8-7-9-17-16(15)10-12-19(17)26/h7-9,11,13-14,23H,10,12H2,1-6H3,(H,27,28). The Kier molecular flexibility index (Phi) is 6.30. The molecule has 0 amide bonds. The summed E-state index contributed by atoms with van der Waals surface area (Å²) in [6, 6.07) is 9.33. The van der Waals surface area contributed by atoms with E-state index in [0.29, 0.717) is 30.1 Å². The number of carbonyl (C=O) groups is 2. The molecule has 31 heavy (non-hydrogen) atoms. The Morgan fingerprint density at radius 3 is 2.23 bits per heavy atom. The topological polar surface area (TPSA) is 82.1 Å². The second-order valence-electron chi connectivity index (χ2n) is 8.74. The maximum Gasteiger partial charge on any atom is 0.312 e. The van der Waals surface area contributed by atoms with E-state index in [1.165, 1.54) is 7.11 Å². The van der Waals surface area contributed by atoms with Crippen LogP contribution in [0.4, 0.5) is 0 Å². The van der Waals surface area contributed by atoms with Gasteiger partial charge in [0.25, 0.3) is 0 Å². The fourth-order valence-corrected chi connectivity index (χ4v) is 4.34. The monoisotopic (exact) mass is 426 g/mol. The summed E-state index contributed by atoms with van der Waals surface area (Å²) in [6.45, 7) is 7.18. The number of carbonyl (C=O) groups excluding carboxylic acids is 1. The van der Waals surface area contributed by atoms with Gasteiger partial charge in [0.05, 0.1) is 19.6 Å². The van der Waals surface area contributed by atoms with E-state index in [9.17, 15) is 14.7 Å². The van der Waals surface area contributed by atoms with Crippen molar-refractivity contribution in [2.24, 2.45) is 11.3 Å². The third-order valence-electron chi connectivity index (χ3n) is 5.98. The van der Waals surface area contributed by atoms with Gasteiger partial charge < -0.3 is 19.3 Å². The van der Waals surface area contributed by atoms with Crippen molar-refractivity contribution in [2.75, 3.05) is 14.2 Å². The van der Waals surface area contributed by atoms with Crippen LogP contribution in [-0.4, -0.2) is 37.2 Å². The van der Waals surface area contributed by atoms with Crippen molar-refractivity contribution in [3.8, 4) is 28.4 Å².